The number of likely N-dealkylation sites (N-methyl/N-ethyl adjacent to an activating group) is 1. The molecule has 1 heterocycles. The molecule has 0 aliphatic carbocycles. The van der Waals surface area contributed by atoms with Gasteiger partial charge in [-0.15, -0.1) is 5.10 Å². The first kappa shape index (κ1) is 19.6. The van der Waals surface area contributed by atoms with Crippen LogP contribution >= 0.6 is 0 Å². The fraction of sp³-hybridized carbons (Fsp3) is 0.222. The molecule has 28 heavy (non-hydrogen) atoms. The van der Waals surface area contributed by atoms with Gasteiger partial charge in [-0.3, -0.25) is 9.59 Å². The molecule has 0 spiro atoms. The summed E-state index contributed by atoms with van der Waals surface area (Å²) in [5, 5.41) is 13.3. The lowest BCUT2D eigenvalue weighted by Crippen LogP contribution is -2.36. The SMILES string of the molecule is C[C@@H](c1ccc(S(N)(=O)=O)cc1)N(C)C(=O)Cn1nnc2ccccc2c1=O. The third-order valence-corrected chi connectivity index (χ3v) is 5.51. The van der Waals surface area contributed by atoms with Gasteiger partial charge in [0.25, 0.3) is 5.56 Å². The molecule has 0 unspecified atom stereocenters. The average Bonchev–Trinajstić information content (AvgIpc) is 2.68. The number of rotatable bonds is 5. The van der Waals surface area contributed by atoms with Crippen LogP contribution in [-0.2, 0) is 21.4 Å². The van der Waals surface area contributed by atoms with E-state index in [2.05, 4.69) is 10.3 Å². The Morgan fingerprint density at radius 3 is 2.46 bits per heavy atom. The summed E-state index contributed by atoms with van der Waals surface area (Å²) < 4.78 is 23.7. The molecule has 0 radical (unpaired) electrons. The second-order valence-electron chi connectivity index (χ2n) is 6.36. The van der Waals surface area contributed by atoms with Crippen molar-refractivity contribution in [3.8, 4) is 0 Å². The Balaban J connectivity index is 1.79. The number of nitrogens with zero attached hydrogens (tertiary/aromatic N) is 4. The van der Waals surface area contributed by atoms with Crippen molar-refractivity contribution in [1.82, 2.24) is 19.9 Å². The second-order valence-corrected chi connectivity index (χ2v) is 7.93. The van der Waals surface area contributed by atoms with Crippen molar-refractivity contribution in [2.75, 3.05) is 7.05 Å². The number of fused-ring (bicyclic) bond motifs is 1. The summed E-state index contributed by atoms with van der Waals surface area (Å²) in [7, 11) is -2.18. The van der Waals surface area contributed by atoms with E-state index in [9.17, 15) is 18.0 Å². The Morgan fingerprint density at radius 1 is 1.18 bits per heavy atom. The molecule has 2 aromatic carbocycles. The summed E-state index contributed by atoms with van der Waals surface area (Å²) in [4.78, 5) is 26.6. The summed E-state index contributed by atoms with van der Waals surface area (Å²) in [6.45, 7) is 1.53. The van der Waals surface area contributed by atoms with E-state index in [4.69, 9.17) is 5.14 Å². The van der Waals surface area contributed by atoms with E-state index in [0.717, 1.165) is 10.2 Å². The van der Waals surface area contributed by atoms with E-state index in [1.165, 1.54) is 17.0 Å². The number of sulfonamides is 1. The van der Waals surface area contributed by atoms with Crippen LogP contribution in [0, 0.1) is 0 Å². The summed E-state index contributed by atoms with van der Waals surface area (Å²) in [5.41, 5.74) is 0.797. The fourth-order valence-corrected chi connectivity index (χ4v) is 3.26. The van der Waals surface area contributed by atoms with E-state index in [-0.39, 0.29) is 23.4 Å². The van der Waals surface area contributed by atoms with E-state index >= 15 is 0 Å². The second kappa shape index (κ2) is 7.49. The molecule has 3 aromatic rings. The third-order valence-electron chi connectivity index (χ3n) is 4.58. The maximum absolute atomic E-state index is 12.6. The average molecular weight is 401 g/mol. The summed E-state index contributed by atoms with van der Waals surface area (Å²) >= 11 is 0. The van der Waals surface area contributed by atoms with Crippen LogP contribution in [0.1, 0.15) is 18.5 Å². The van der Waals surface area contributed by atoms with Crippen molar-refractivity contribution in [2.24, 2.45) is 5.14 Å². The van der Waals surface area contributed by atoms with Crippen LogP contribution in [0.15, 0.2) is 58.2 Å². The third kappa shape index (κ3) is 3.92. The molecule has 1 aromatic heterocycles. The number of carbonyl (C=O) groups excluding carboxylic acids is 1. The minimum atomic E-state index is -3.78. The van der Waals surface area contributed by atoms with Gasteiger partial charge >= 0.3 is 0 Å². The Bertz CT molecular complexity index is 1190. The Labute approximate surface area is 161 Å². The van der Waals surface area contributed by atoms with Gasteiger partial charge in [-0.05, 0) is 36.8 Å². The van der Waals surface area contributed by atoms with E-state index in [0.29, 0.717) is 10.9 Å². The first-order chi connectivity index (χ1) is 13.2. The molecular formula is C18H19N5O4S. The Kier molecular flexibility index (Phi) is 5.25. The summed E-state index contributed by atoms with van der Waals surface area (Å²) in [6.07, 6.45) is 0. The number of hydrogen-bond acceptors (Lipinski definition) is 6. The van der Waals surface area contributed by atoms with Gasteiger partial charge < -0.3 is 4.90 Å². The lowest BCUT2D eigenvalue weighted by atomic mass is 10.1. The van der Waals surface area contributed by atoms with Crippen LogP contribution in [0.25, 0.3) is 10.9 Å². The first-order valence-corrected chi connectivity index (χ1v) is 9.94. The van der Waals surface area contributed by atoms with Crippen molar-refractivity contribution in [3.63, 3.8) is 0 Å². The zero-order valence-corrected chi connectivity index (χ0v) is 16.1. The quantitative estimate of drug-likeness (QED) is 0.669. The van der Waals surface area contributed by atoms with Crippen LogP contribution in [0.5, 0.6) is 0 Å². The molecule has 9 nitrogen and oxygen atoms in total. The maximum Gasteiger partial charge on any atom is 0.278 e. The molecule has 0 bridgehead atoms. The standard InChI is InChI=1S/C18H19N5O4S/c1-12(13-7-9-14(10-8-13)28(19,26)27)22(2)17(24)11-23-18(25)15-5-3-4-6-16(15)20-21-23/h3-10,12H,11H2,1-2H3,(H2,19,26,27)/t12-/m0/s1. The molecule has 0 aliphatic heterocycles. The van der Waals surface area contributed by atoms with Crippen molar-refractivity contribution in [3.05, 3.63) is 64.4 Å². The lowest BCUT2D eigenvalue weighted by molar-refractivity contribution is -0.132. The van der Waals surface area contributed by atoms with Crippen molar-refractivity contribution in [2.45, 2.75) is 24.4 Å². The number of primary sulfonamides is 1. The van der Waals surface area contributed by atoms with Crippen molar-refractivity contribution in [1.29, 1.82) is 0 Å². The number of carbonyl (C=O) groups is 1. The molecule has 0 fully saturated rings. The molecule has 2 N–H and O–H groups in total. The minimum absolute atomic E-state index is 0.00424. The minimum Gasteiger partial charge on any atom is -0.337 e. The zero-order valence-electron chi connectivity index (χ0n) is 15.3. The van der Waals surface area contributed by atoms with Gasteiger partial charge in [0.1, 0.15) is 12.1 Å². The summed E-state index contributed by atoms with van der Waals surface area (Å²) in [6, 6.07) is 12.4. The fourth-order valence-electron chi connectivity index (χ4n) is 2.74. The normalized spacial score (nSPS) is 12.7. The molecule has 146 valence electrons. The van der Waals surface area contributed by atoms with Crippen molar-refractivity contribution >= 4 is 26.8 Å². The van der Waals surface area contributed by atoms with Crippen LogP contribution in [-0.4, -0.2) is 41.3 Å². The molecule has 0 saturated heterocycles. The van der Waals surface area contributed by atoms with E-state index < -0.39 is 15.6 Å². The highest BCUT2D eigenvalue weighted by molar-refractivity contribution is 7.89. The van der Waals surface area contributed by atoms with Crippen molar-refractivity contribution < 1.29 is 13.2 Å². The van der Waals surface area contributed by atoms with Gasteiger partial charge in [0, 0.05) is 7.05 Å². The lowest BCUT2D eigenvalue weighted by Gasteiger charge is -2.25. The number of nitrogens with two attached hydrogens (primary N) is 1. The topological polar surface area (TPSA) is 128 Å². The van der Waals surface area contributed by atoms with Gasteiger partial charge in [0.2, 0.25) is 15.9 Å². The molecule has 1 amide bonds. The maximum atomic E-state index is 12.6. The van der Waals surface area contributed by atoms with Gasteiger partial charge in [0.05, 0.1) is 16.3 Å². The van der Waals surface area contributed by atoms with E-state index in [1.807, 2.05) is 0 Å². The van der Waals surface area contributed by atoms with Crippen LogP contribution in [0.2, 0.25) is 0 Å². The molecular weight excluding hydrogens is 382 g/mol. The first-order valence-electron chi connectivity index (χ1n) is 8.39. The van der Waals surface area contributed by atoms with Gasteiger partial charge in [-0.2, -0.15) is 0 Å². The Morgan fingerprint density at radius 2 is 1.82 bits per heavy atom. The highest BCUT2D eigenvalue weighted by Gasteiger charge is 2.20. The molecule has 10 heteroatoms. The highest BCUT2D eigenvalue weighted by atomic mass is 32.2. The number of hydrogen-bond donors (Lipinski definition) is 1. The number of amides is 1. The Hall–Kier alpha value is -3.11. The number of benzene rings is 2. The molecule has 0 aliphatic rings. The van der Waals surface area contributed by atoms with Crippen LogP contribution < -0.4 is 10.7 Å². The predicted molar refractivity (Wildman–Crippen MR) is 103 cm³/mol. The predicted octanol–water partition coefficient (Wildman–Crippen LogP) is 0.658. The van der Waals surface area contributed by atoms with Crippen LogP contribution in [0.3, 0.4) is 0 Å². The highest BCUT2D eigenvalue weighted by Crippen LogP contribution is 2.20. The molecule has 3 rings (SSSR count). The smallest absolute Gasteiger partial charge is 0.278 e. The molecule has 1 atom stereocenters. The van der Waals surface area contributed by atoms with E-state index in [1.54, 1.807) is 50.4 Å². The largest absolute Gasteiger partial charge is 0.337 e. The van der Waals surface area contributed by atoms with Gasteiger partial charge in [0.15, 0.2) is 0 Å². The summed E-state index contributed by atoms with van der Waals surface area (Å²) in [5.74, 6) is -0.338. The number of aromatic nitrogens is 3. The van der Waals surface area contributed by atoms with Gasteiger partial charge in [-0.25, -0.2) is 18.2 Å². The van der Waals surface area contributed by atoms with Crippen LogP contribution in [0.4, 0.5) is 0 Å². The van der Waals surface area contributed by atoms with Gasteiger partial charge in [-0.1, -0.05) is 29.5 Å². The zero-order chi connectivity index (χ0) is 20.5. The molecule has 0 saturated carbocycles. The monoisotopic (exact) mass is 401 g/mol.